The summed E-state index contributed by atoms with van der Waals surface area (Å²) in [6.45, 7) is 1.83. The summed E-state index contributed by atoms with van der Waals surface area (Å²) in [7, 11) is -3.61. The van der Waals surface area contributed by atoms with Crippen molar-refractivity contribution in [3.63, 3.8) is 0 Å². The molecule has 0 spiro atoms. The Bertz CT molecular complexity index is 714. The maximum absolute atomic E-state index is 12.2. The highest BCUT2D eigenvalue weighted by Crippen LogP contribution is 2.23. The smallest absolute Gasteiger partial charge is 0.262 e. The normalized spacial score (nSPS) is 11.3. The van der Waals surface area contributed by atoms with Gasteiger partial charge in [-0.2, -0.15) is 0 Å². The monoisotopic (exact) mass is 388 g/mol. The third kappa shape index (κ3) is 3.19. The van der Waals surface area contributed by atoms with Crippen molar-refractivity contribution in [2.24, 2.45) is 0 Å². The molecule has 2 rings (SSSR count). The number of rotatable bonds is 3. The van der Waals surface area contributed by atoms with Gasteiger partial charge in [0, 0.05) is 9.26 Å². The summed E-state index contributed by atoms with van der Waals surface area (Å²) in [4.78, 5) is 0.162. The first-order valence-electron chi connectivity index (χ1n) is 5.53. The second kappa shape index (κ2) is 5.38. The Labute approximate surface area is 126 Å². The predicted octanol–water partition coefficient (Wildman–Crippen LogP) is 2.98. The molecule has 3 N–H and O–H groups in total. The number of para-hydroxylation sites is 1. The predicted molar refractivity (Wildman–Crippen MR) is 85.6 cm³/mol. The lowest BCUT2D eigenvalue weighted by atomic mass is 10.2. The lowest BCUT2D eigenvalue weighted by molar-refractivity contribution is 0.601. The van der Waals surface area contributed by atoms with Gasteiger partial charge in [0.1, 0.15) is 0 Å². The minimum absolute atomic E-state index is 0.162. The Hall–Kier alpha value is -1.28. The summed E-state index contributed by atoms with van der Waals surface area (Å²) in [5.41, 5.74) is 7.62. The van der Waals surface area contributed by atoms with Crippen molar-refractivity contribution < 1.29 is 8.42 Å². The Kier molecular flexibility index (Phi) is 4.00. The number of hydrogen-bond donors (Lipinski definition) is 2. The van der Waals surface area contributed by atoms with Crippen LogP contribution in [0.3, 0.4) is 0 Å². The van der Waals surface area contributed by atoms with Crippen molar-refractivity contribution in [2.75, 3.05) is 10.5 Å². The lowest BCUT2D eigenvalue weighted by Gasteiger charge is -2.10. The van der Waals surface area contributed by atoms with E-state index in [-0.39, 0.29) is 4.90 Å². The molecule has 0 aliphatic heterocycles. The maximum atomic E-state index is 12.2. The molecule has 2 aromatic rings. The Morgan fingerprint density at radius 3 is 2.47 bits per heavy atom. The van der Waals surface area contributed by atoms with E-state index in [1.807, 2.05) is 19.1 Å². The van der Waals surface area contributed by atoms with Gasteiger partial charge in [-0.25, -0.2) is 8.42 Å². The fraction of sp³-hybridized carbons (Fsp3) is 0.0769. The van der Waals surface area contributed by atoms with Crippen LogP contribution in [-0.2, 0) is 10.0 Å². The van der Waals surface area contributed by atoms with Crippen molar-refractivity contribution in [1.29, 1.82) is 0 Å². The Morgan fingerprint density at radius 1 is 1.16 bits per heavy atom. The number of anilines is 2. The van der Waals surface area contributed by atoms with Crippen LogP contribution >= 0.6 is 22.6 Å². The topological polar surface area (TPSA) is 72.2 Å². The van der Waals surface area contributed by atoms with Gasteiger partial charge < -0.3 is 5.73 Å². The number of nitrogens with one attached hydrogen (secondary N) is 1. The molecule has 0 amide bonds. The van der Waals surface area contributed by atoms with Crippen LogP contribution < -0.4 is 10.5 Å². The van der Waals surface area contributed by atoms with Gasteiger partial charge in [0.15, 0.2) is 0 Å². The van der Waals surface area contributed by atoms with E-state index in [2.05, 4.69) is 27.3 Å². The molecular weight excluding hydrogens is 375 g/mol. The van der Waals surface area contributed by atoms with Crippen LogP contribution in [0, 0.1) is 10.5 Å². The van der Waals surface area contributed by atoms with E-state index in [0.717, 1.165) is 9.13 Å². The van der Waals surface area contributed by atoms with Gasteiger partial charge in [0.05, 0.1) is 10.6 Å². The van der Waals surface area contributed by atoms with Gasteiger partial charge in [-0.1, -0.05) is 18.2 Å². The van der Waals surface area contributed by atoms with E-state index < -0.39 is 10.0 Å². The van der Waals surface area contributed by atoms with E-state index in [9.17, 15) is 8.42 Å². The highest BCUT2D eigenvalue weighted by molar-refractivity contribution is 14.1. The molecule has 6 heteroatoms. The fourth-order valence-electron chi connectivity index (χ4n) is 1.53. The molecule has 0 fully saturated rings. The summed E-state index contributed by atoms with van der Waals surface area (Å²) in [6.07, 6.45) is 0. The van der Waals surface area contributed by atoms with E-state index in [1.165, 1.54) is 6.07 Å². The molecule has 0 heterocycles. The molecule has 0 saturated heterocycles. The number of hydrogen-bond acceptors (Lipinski definition) is 3. The SMILES string of the molecule is Cc1ccc(S(=O)(=O)Nc2ccccc2I)cc1N. The first-order valence-corrected chi connectivity index (χ1v) is 8.10. The first kappa shape index (κ1) is 14.1. The molecule has 0 bridgehead atoms. The van der Waals surface area contributed by atoms with E-state index in [4.69, 9.17) is 5.73 Å². The average molecular weight is 388 g/mol. The highest BCUT2D eigenvalue weighted by Gasteiger charge is 2.16. The largest absolute Gasteiger partial charge is 0.398 e. The summed E-state index contributed by atoms with van der Waals surface area (Å²) in [5, 5.41) is 0. The fourth-order valence-corrected chi connectivity index (χ4v) is 3.35. The molecule has 0 saturated carbocycles. The van der Waals surface area contributed by atoms with E-state index in [1.54, 1.807) is 24.3 Å². The summed E-state index contributed by atoms with van der Waals surface area (Å²) < 4.78 is 27.9. The molecule has 0 aromatic heterocycles. The van der Waals surface area contributed by atoms with E-state index >= 15 is 0 Å². The molecule has 100 valence electrons. The maximum Gasteiger partial charge on any atom is 0.262 e. The Morgan fingerprint density at radius 2 is 1.84 bits per heavy atom. The third-order valence-electron chi connectivity index (χ3n) is 2.68. The van der Waals surface area contributed by atoms with Crippen LogP contribution in [-0.4, -0.2) is 8.42 Å². The van der Waals surface area contributed by atoms with Gasteiger partial charge in [-0.05, 0) is 59.3 Å². The van der Waals surface area contributed by atoms with Crippen molar-refractivity contribution in [1.82, 2.24) is 0 Å². The number of nitrogen functional groups attached to an aromatic ring is 1. The molecule has 0 aliphatic rings. The highest BCUT2D eigenvalue weighted by atomic mass is 127. The number of benzene rings is 2. The van der Waals surface area contributed by atoms with Crippen molar-refractivity contribution in [3.8, 4) is 0 Å². The van der Waals surface area contributed by atoms with Crippen LogP contribution in [0.5, 0.6) is 0 Å². The quantitative estimate of drug-likeness (QED) is 0.627. The summed E-state index contributed by atoms with van der Waals surface area (Å²) >= 11 is 2.08. The minimum atomic E-state index is -3.61. The third-order valence-corrected chi connectivity index (χ3v) is 4.98. The van der Waals surface area contributed by atoms with Crippen LogP contribution in [0.2, 0.25) is 0 Å². The number of sulfonamides is 1. The molecular formula is C13H13IN2O2S. The summed E-state index contributed by atoms with van der Waals surface area (Å²) in [5.74, 6) is 0. The van der Waals surface area contributed by atoms with Crippen molar-refractivity contribution >= 4 is 44.0 Å². The molecule has 0 unspecified atom stereocenters. The zero-order valence-corrected chi connectivity index (χ0v) is 13.2. The van der Waals surface area contributed by atoms with Crippen molar-refractivity contribution in [3.05, 3.63) is 51.6 Å². The molecule has 0 radical (unpaired) electrons. The molecule has 0 aliphatic carbocycles. The first-order chi connectivity index (χ1) is 8.90. The van der Waals surface area contributed by atoms with Gasteiger partial charge in [0.2, 0.25) is 0 Å². The van der Waals surface area contributed by atoms with Gasteiger partial charge in [-0.15, -0.1) is 0 Å². The van der Waals surface area contributed by atoms with Crippen LogP contribution in [0.25, 0.3) is 0 Å². The average Bonchev–Trinajstić information content (AvgIpc) is 2.35. The Balaban J connectivity index is 2.38. The van der Waals surface area contributed by atoms with Gasteiger partial charge in [-0.3, -0.25) is 4.72 Å². The molecule has 2 aromatic carbocycles. The molecule has 0 atom stereocenters. The minimum Gasteiger partial charge on any atom is -0.398 e. The second-order valence-corrected chi connectivity index (χ2v) is 6.95. The van der Waals surface area contributed by atoms with Gasteiger partial charge >= 0.3 is 0 Å². The standard InChI is InChI=1S/C13H13IN2O2S/c1-9-6-7-10(8-12(9)15)19(17,18)16-13-5-3-2-4-11(13)14/h2-8,16H,15H2,1H3. The molecule has 4 nitrogen and oxygen atoms in total. The zero-order valence-electron chi connectivity index (χ0n) is 10.2. The number of halogens is 1. The van der Waals surface area contributed by atoms with E-state index in [0.29, 0.717) is 11.4 Å². The lowest BCUT2D eigenvalue weighted by Crippen LogP contribution is -2.14. The van der Waals surface area contributed by atoms with Crippen LogP contribution in [0.15, 0.2) is 47.4 Å². The van der Waals surface area contributed by atoms with Gasteiger partial charge in [0.25, 0.3) is 10.0 Å². The number of aryl methyl sites for hydroxylation is 1. The summed E-state index contributed by atoms with van der Waals surface area (Å²) in [6, 6.07) is 11.9. The second-order valence-electron chi connectivity index (χ2n) is 4.10. The zero-order chi connectivity index (χ0) is 14.0. The van der Waals surface area contributed by atoms with Crippen molar-refractivity contribution in [2.45, 2.75) is 11.8 Å². The van der Waals surface area contributed by atoms with Crippen LogP contribution in [0.4, 0.5) is 11.4 Å². The van der Waals surface area contributed by atoms with Crippen LogP contribution in [0.1, 0.15) is 5.56 Å². The molecule has 19 heavy (non-hydrogen) atoms. The number of nitrogens with two attached hydrogens (primary N) is 1.